The fourth-order valence-electron chi connectivity index (χ4n) is 6.19. The first-order valence-corrected chi connectivity index (χ1v) is 16.8. The molecule has 0 aliphatic heterocycles. The lowest BCUT2D eigenvalue weighted by atomic mass is 9.84. The molecule has 6 aromatic rings. The van der Waals surface area contributed by atoms with Gasteiger partial charge in [0.2, 0.25) is 0 Å². The molecule has 0 saturated heterocycles. The van der Waals surface area contributed by atoms with E-state index in [1.807, 2.05) is 0 Å². The molecule has 0 heterocycles. The first-order chi connectivity index (χ1) is 20.3. The van der Waals surface area contributed by atoms with E-state index in [-0.39, 0.29) is 10.1 Å². The van der Waals surface area contributed by atoms with E-state index in [1.165, 1.54) is 33.4 Å². The van der Waals surface area contributed by atoms with Gasteiger partial charge in [-0.05, 0) is 33.4 Å². The zero-order valence-corrected chi connectivity index (χ0v) is 26.0. The Bertz CT molecular complexity index is 1310. The molecule has 0 aromatic heterocycles. The second-order valence-corrected chi connectivity index (χ2v) is 14.8. The Kier molecular flexibility index (Phi) is 8.19. The molecule has 0 amide bonds. The second-order valence-electron chi connectivity index (χ2n) is 10.5. The second kappa shape index (κ2) is 12.5. The third kappa shape index (κ3) is 5.28. The van der Waals surface area contributed by atoms with Gasteiger partial charge in [0.25, 0.3) is 0 Å². The summed E-state index contributed by atoms with van der Waals surface area (Å²) in [6.07, 6.45) is 0. The highest BCUT2D eigenvalue weighted by atomic mass is 28.3. The molecule has 6 rings (SSSR count). The van der Waals surface area contributed by atoms with Gasteiger partial charge in [-0.2, -0.15) is 0 Å². The Morgan fingerprint density at radius 1 is 0.268 bits per heavy atom. The van der Waals surface area contributed by atoms with Crippen LogP contribution in [-0.4, -0.2) is 19.5 Å². The van der Waals surface area contributed by atoms with Crippen molar-refractivity contribution < 1.29 is 4.12 Å². The van der Waals surface area contributed by atoms with Crippen molar-refractivity contribution in [3.8, 4) is 0 Å². The smallest absolute Gasteiger partial charge is 0.165 e. The maximum Gasteiger partial charge on any atom is 0.165 e. The standard InChI is InChI=1S/C38H34OSi2/c1-7-19-31(20-8-1)37(32-21-9-2-10-22-32,33-23-11-3-12-24-33)40-39-41-38(34-25-13-4-14-26-34,35-27-15-5-16-28-35)36-29-17-6-18-30-36/h1-30H,40-41H2. The van der Waals surface area contributed by atoms with Crippen molar-refractivity contribution >= 4 is 19.5 Å². The van der Waals surface area contributed by atoms with Crippen LogP contribution in [0, 0.1) is 0 Å². The highest BCUT2D eigenvalue weighted by molar-refractivity contribution is 6.50. The van der Waals surface area contributed by atoms with Crippen molar-refractivity contribution in [3.63, 3.8) is 0 Å². The van der Waals surface area contributed by atoms with Crippen LogP contribution in [0.2, 0.25) is 0 Å². The van der Waals surface area contributed by atoms with Gasteiger partial charge in [0.15, 0.2) is 19.5 Å². The van der Waals surface area contributed by atoms with Gasteiger partial charge in [-0.25, -0.2) is 0 Å². The van der Waals surface area contributed by atoms with Crippen LogP contribution in [0.25, 0.3) is 0 Å². The van der Waals surface area contributed by atoms with Gasteiger partial charge in [0, 0.05) is 0 Å². The summed E-state index contributed by atoms with van der Waals surface area (Å²) in [5.41, 5.74) is 7.77. The van der Waals surface area contributed by atoms with Gasteiger partial charge in [-0.1, -0.05) is 182 Å². The van der Waals surface area contributed by atoms with Gasteiger partial charge in [0.05, 0.1) is 10.1 Å². The molecule has 0 aliphatic carbocycles. The summed E-state index contributed by atoms with van der Waals surface area (Å²) in [5, 5.41) is -0.626. The van der Waals surface area contributed by atoms with Gasteiger partial charge in [-0.15, -0.1) is 0 Å². The lowest BCUT2D eigenvalue weighted by Crippen LogP contribution is -2.43. The molecule has 0 aliphatic rings. The third-order valence-corrected chi connectivity index (χ3v) is 13.2. The molecular weight excluding hydrogens is 529 g/mol. The van der Waals surface area contributed by atoms with Gasteiger partial charge >= 0.3 is 0 Å². The first-order valence-electron chi connectivity index (χ1n) is 14.2. The molecule has 0 unspecified atom stereocenters. The molecular formula is C38H34OSi2. The highest BCUT2D eigenvalue weighted by Crippen LogP contribution is 2.41. The zero-order chi connectivity index (χ0) is 27.8. The van der Waals surface area contributed by atoms with Crippen LogP contribution in [0.1, 0.15) is 33.4 Å². The van der Waals surface area contributed by atoms with Crippen LogP contribution in [0.5, 0.6) is 0 Å². The molecule has 0 fully saturated rings. The summed E-state index contributed by atoms with van der Waals surface area (Å²) in [5.74, 6) is 0. The maximum absolute atomic E-state index is 7.37. The Morgan fingerprint density at radius 3 is 0.610 bits per heavy atom. The maximum atomic E-state index is 7.37. The minimum atomic E-state index is -1.21. The fourth-order valence-corrected chi connectivity index (χ4v) is 11.5. The minimum Gasteiger partial charge on any atom is -0.463 e. The third-order valence-electron chi connectivity index (χ3n) is 8.24. The van der Waals surface area contributed by atoms with E-state index in [2.05, 4.69) is 182 Å². The van der Waals surface area contributed by atoms with E-state index in [0.29, 0.717) is 0 Å². The molecule has 41 heavy (non-hydrogen) atoms. The summed E-state index contributed by atoms with van der Waals surface area (Å²) < 4.78 is 7.37. The molecule has 0 radical (unpaired) electrons. The Balaban J connectivity index is 1.50. The largest absolute Gasteiger partial charge is 0.463 e. The van der Waals surface area contributed by atoms with Gasteiger partial charge in [-0.3, -0.25) is 0 Å². The topological polar surface area (TPSA) is 9.23 Å². The molecule has 0 atom stereocenters. The average molecular weight is 563 g/mol. The SMILES string of the molecule is c1ccc(C([SiH2]O[SiH2]C(c2ccccc2)(c2ccccc2)c2ccccc2)(c2ccccc2)c2ccccc2)cc1. The molecule has 3 heteroatoms. The van der Waals surface area contributed by atoms with Crippen LogP contribution in [-0.2, 0) is 14.2 Å². The van der Waals surface area contributed by atoms with Crippen molar-refractivity contribution in [1.82, 2.24) is 0 Å². The lowest BCUT2D eigenvalue weighted by Gasteiger charge is -2.39. The van der Waals surface area contributed by atoms with E-state index in [0.717, 1.165) is 0 Å². The van der Waals surface area contributed by atoms with Crippen molar-refractivity contribution in [2.24, 2.45) is 0 Å². The van der Waals surface area contributed by atoms with Crippen molar-refractivity contribution in [1.29, 1.82) is 0 Å². The van der Waals surface area contributed by atoms with Crippen LogP contribution in [0.15, 0.2) is 182 Å². The normalized spacial score (nSPS) is 12.3. The number of hydrogen-bond donors (Lipinski definition) is 0. The van der Waals surface area contributed by atoms with E-state index in [9.17, 15) is 0 Å². The average Bonchev–Trinajstić information content (AvgIpc) is 3.08. The van der Waals surface area contributed by atoms with Crippen molar-refractivity contribution in [2.75, 3.05) is 0 Å². The molecule has 0 N–H and O–H groups in total. The van der Waals surface area contributed by atoms with Crippen LogP contribution in [0.4, 0.5) is 0 Å². The number of hydrogen-bond acceptors (Lipinski definition) is 1. The van der Waals surface area contributed by atoms with E-state index < -0.39 is 19.5 Å². The summed E-state index contributed by atoms with van der Waals surface area (Å²) in [4.78, 5) is 0. The minimum absolute atomic E-state index is 0.313. The van der Waals surface area contributed by atoms with Gasteiger partial charge < -0.3 is 4.12 Å². The van der Waals surface area contributed by atoms with Crippen LogP contribution >= 0.6 is 0 Å². The van der Waals surface area contributed by atoms with Crippen LogP contribution < -0.4 is 0 Å². The zero-order valence-electron chi connectivity index (χ0n) is 23.1. The van der Waals surface area contributed by atoms with Crippen LogP contribution in [0.3, 0.4) is 0 Å². The Hall–Kier alpha value is -4.29. The van der Waals surface area contributed by atoms with Crippen molar-refractivity contribution in [2.45, 2.75) is 10.1 Å². The monoisotopic (exact) mass is 562 g/mol. The summed E-state index contributed by atoms with van der Waals surface area (Å²) in [6, 6.07) is 65.8. The van der Waals surface area contributed by atoms with E-state index >= 15 is 0 Å². The first kappa shape index (κ1) is 26.9. The predicted octanol–water partition coefficient (Wildman–Crippen LogP) is 7.15. The van der Waals surface area contributed by atoms with Gasteiger partial charge in [0.1, 0.15) is 0 Å². The van der Waals surface area contributed by atoms with E-state index in [4.69, 9.17) is 4.12 Å². The molecule has 6 aromatic carbocycles. The Morgan fingerprint density at radius 2 is 0.439 bits per heavy atom. The van der Waals surface area contributed by atoms with E-state index in [1.54, 1.807) is 0 Å². The molecule has 0 bridgehead atoms. The molecule has 200 valence electrons. The highest BCUT2D eigenvalue weighted by Gasteiger charge is 2.41. The summed E-state index contributed by atoms with van der Waals surface area (Å²) in [7, 11) is -2.42. The summed E-state index contributed by atoms with van der Waals surface area (Å²) >= 11 is 0. The quantitative estimate of drug-likeness (QED) is 0.127. The molecule has 0 saturated carbocycles. The number of benzene rings is 6. The van der Waals surface area contributed by atoms with Crippen molar-refractivity contribution in [3.05, 3.63) is 215 Å². The lowest BCUT2D eigenvalue weighted by molar-refractivity contribution is 0.569. The Labute approximate surface area is 248 Å². The number of rotatable bonds is 10. The summed E-state index contributed by atoms with van der Waals surface area (Å²) in [6.45, 7) is 0. The molecule has 0 spiro atoms. The predicted molar refractivity (Wildman–Crippen MR) is 177 cm³/mol. The fraction of sp³-hybridized carbons (Fsp3) is 0.0526. The molecule has 1 nitrogen and oxygen atoms in total.